The number of aromatic nitrogens is 2. The highest BCUT2D eigenvalue weighted by atomic mass is 32.2. The highest BCUT2D eigenvalue weighted by Gasteiger charge is 2.25. The summed E-state index contributed by atoms with van der Waals surface area (Å²) in [6.07, 6.45) is 7.49. The average Bonchev–Trinajstić information content (AvgIpc) is 3.45. The predicted molar refractivity (Wildman–Crippen MR) is 143 cm³/mol. The SMILES string of the molecule is COC(=O)c1cccc(SCc2c(OC(Cn3ccnc3)c3ccccc3)ccc3c2CCCC3=O)c1. The van der Waals surface area contributed by atoms with Crippen LogP contribution in [0.15, 0.2) is 90.3 Å². The first-order valence-electron chi connectivity index (χ1n) is 12.3. The van der Waals surface area contributed by atoms with Crippen LogP contribution in [0.1, 0.15) is 56.4 Å². The quantitative estimate of drug-likeness (QED) is 0.194. The number of nitrogens with zero attached hydrogens (tertiary/aromatic N) is 2. The van der Waals surface area contributed by atoms with Crippen LogP contribution in [0.2, 0.25) is 0 Å². The summed E-state index contributed by atoms with van der Waals surface area (Å²) in [7, 11) is 1.38. The summed E-state index contributed by atoms with van der Waals surface area (Å²) in [5.74, 6) is 1.21. The van der Waals surface area contributed by atoms with Crippen LogP contribution in [0.5, 0.6) is 5.75 Å². The zero-order chi connectivity index (χ0) is 25.6. The van der Waals surface area contributed by atoms with E-state index < -0.39 is 0 Å². The normalized spacial score (nSPS) is 13.6. The molecule has 0 N–H and O–H groups in total. The number of carbonyl (C=O) groups is 2. The number of rotatable bonds is 9. The van der Waals surface area contributed by atoms with Crippen molar-refractivity contribution in [3.63, 3.8) is 0 Å². The minimum Gasteiger partial charge on any atom is -0.484 e. The maximum absolute atomic E-state index is 12.7. The van der Waals surface area contributed by atoms with Crippen molar-refractivity contribution in [3.8, 4) is 5.75 Å². The fourth-order valence-electron chi connectivity index (χ4n) is 4.65. The van der Waals surface area contributed by atoms with Gasteiger partial charge < -0.3 is 14.0 Å². The lowest BCUT2D eigenvalue weighted by Crippen LogP contribution is -2.18. The number of hydrogen-bond acceptors (Lipinski definition) is 6. The predicted octanol–water partition coefficient (Wildman–Crippen LogP) is 6.30. The highest BCUT2D eigenvalue weighted by molar-refractivity contribution is 7.98. The molecule has 37 heavy (non-hydrogen) atoms. The highest BCUT2D eigenvalue weighted by Crippen LogP contribution is 2.38. The maximum atomic E-state index is 12.7. The number of ether oxygens (including phenoxy) is 2. The second-order valence-electron chi connectivity index (χ2n) is 8.93. The molecule has 1 aliphatic carbocycles. The van der Waals surface area contributed by atoms with E-state index in [4.69, 9.17) is 9.47 Å². The van der Waals surface area contributed by atoms with Crippen molar-refractivity contribution < 1.29 is 19.1 Å². The molecule has 4 aromatic rings. The lowest BCUT2D eigenvalue weighted by molar-refractivity contribution is 0.0600. The number of carbonyl (C=O) groups excluding carboxylic acids is 2. The van der Waals surface area contributed by atoms with Gasteiger partial charge in [-0.2, -0.15) is 0 Å². The largest absolute Gasteiger partial charge is 0.484 e. The van der Waals surface area contributed by atoms with Crippen molar-refractivity contribution in [2.75, 3.05) is 7.11 Å². The van der Waals surface area contributed by atoms with Gasteiger partial charge in [-0.1, -0.05) is 36.4 Å². The van der Waals surface area contributed by atoms with Gasteiger partial charge in [-0.15, -0.1) is 11.8 Å². The van der Waals surface area contributed by atoms with Crippen molar-refractivity contribution in [1.29, 1.82) is 0 Å². The van der Waals surface area contributed by atoms with Crippen molar-refractivity contribution in [2.45, 2.75) is 42.6 Å². The minimum atomic E-state index is -0.362. The van der Waals surface area contributed by atoms with Crippen molar-refractivity contribution in [3.05, 3.63) is 113 Å². The number of Topliss-reactive ketones (excluding diaryl/α,β-unsaturated/α-hetero) is 1. The molecule has 0 bridgehead atoms. The standard InChI is InChI=1S/C30H28N2O4S/c1-35-30(34)22-9-5-10-23(17-22)37-19-26-24-11-6-12-27(33)25(24)13-14-28(26)36-29(18-32-16-15-31-20-32)21-7-3-2-4-8-21/h2-5,7-10,13-17,20,29H,6,11-12,18-19H2,1H3. The van der Waals surface area contributed by atoms with Gasteiger partial charge in [0.25, 0.3) is 0 Å². The molecule has 1 aliphatic rings. The molecule has 0 radical (unpaired) electrons. The van der Waals surface area contributed by atoms with Crippen LogP contribution < -0.4 is 4.74 Å². The lowest BCUT2D eigenvalue weighted by atomic mass is 9.87. The van der Waals surface area contributed by atoms with Crippen LogP contribution in [-0.4, -0.2) is 28.4 Å². The molecule has 0 amide bonds. The number of benzene rings is 3. The number of esters is 1. The molecule has 188 valence electrons. The third-order valence-corrected chi connectivity index (χ3v) is 7.55. The number of imidazole rings is 1. The van der Waals surface area contributed by atoms with Crippen LogP contribution in [-0.2, 0) is 23.5 Å². The van der Waals surface area contributed by atoms with E-state index >= 15 is 0 Å². The Morgan fingerprint density at radius 3 is 2.73 bits per heavy atom. The zero-order valence-electron chi connectivity index (χ0n) is 20.6. The summed E-state index contributed by atoms with van der Waals surface area (Å²) in [6.45, 7) is 0.605. The first-order chi connectivity index (χ1) is 18.1. The van der Waals surface area contributed by atoms with Crippen LogP contribution >= 0.6 is 11.8 Å². The molecule has 0 spiro atoms. The number of thioether (sulfide) groups is 1. The molecule has 0 saturated carbocycles. The number of methoxy groups -OCH3 is 1. The Kier molecular flexibility index (Phi) is 7.70. The fourth-order valence-corrected chi connectivity index (χ4v) is 5.66. The molecule has 7 heteroatoms. The van der Waals surface area contributed by atoms with Gasteiger partial charge in [-0.25, -0.2) is 9.78 Å². The smallest absolute Gasteiger partial charge is 0.337 e. The second kappa shape index (κ2) is 11.5. The number of hydrogen-bond donors (Lipinski definition) is 0. The van der Waals surface area contributed by atoms with Crippen molar-refractivity contribution >= 4 is 23.5 Å². The lowest BCUT2D eigenvalue weighted by Gasteiger charge is -2.25. The molecule has 1 unspecified atom stereocenters. The molecule has 0 aliphatic heterocycles. The van der Waals surface area contributed by atoms with E-state index in [1.54, 1.807) is 30.4 Å². The van der Waals surface area contributed by atoms with E-state index in [9.17, 15) is 9.59 Å². The zero-order valence-corrected chi connectivity index (χ0v) is 21.4. The Balaban J connectivity index is 1.48. The Morgan fingerprint density at radius 2 is 1.95 bits per heavy atom. The third-order valence-electron chi connectivity index (χ3n) is 6.53. The van der Waals surface area contributed by atoms with Gasteiger partial charge in [0.15, 0.2) is 5.78 Å². The van der Waals surface area contributed by atoms with Gasteiger partial charge in [0.2, 0.25) is 0 Å². The summed E-state index contributed by atoms with van der Waals surface area (Å²) >= 11 is 1.62. The molecule has 5 rings (SSSR count). The molecule has 6 nitrogen and oxygen atoms in total. The summed E-state index contributed by atoms with van der Waals surface area (Å²) in [4.78, 5) is 29.9. The minimum absolute atomic E-state index is 0.185. The summed E-state index contributed by atoms with van der Waals surface area (Å²) in [5.41, 5.74) is 4.47. The maximum Gasteiger partial charge on any atom is 0.337 e. The summed E-state index contributed by atoms with van der Waals surface area (Å²) in [6, 6.07) is 21.4. The first-order valence-corrected chi connectivity index (χ1v) is 13.3. The summed E-state index contributed by atoms with van der Waals surface area (Å²) < 4.78 is 13.6. The molecule has 1 atom stereocenters. The molecular weight excluding hydrogens is 484 g/mol. The van der Waals surface area contributed by atoms with Gasteiger partial charge in [-0.3, -0.25) is 4.79 Å². The Hall–Kier alpha value is -3.84. The van der Waals surface area contributed by atoms with E-state index in [1.807, 2.05) is 59.3 Å². The Labute approximate surface area is 220 Å². The first kappa shape index (κ1) is 24.8. The van der Waals surface area contributed by atoms with Crippen LogP contribution in [0.25, 0.3) is 0 Å². The van der Waals surface area contributed by atoms with E-state index in [0.717, 1.165) is 45.7 Å². The van der Waals surface area contributed by atoms with E-state index in [-0.39, 0.29) is 17.9 Å². The molecule has 0 saturated heterocycles. The van der Waals surface area contributed by atoms with E-state index in [0.29, 0.717) is 24.3 Å². The van der Waals surface area contributed by atoms with Crippen molar-refractivity contribution in [1.82, 2.24) is 9.55 Å². The van der Waals surface area contributed by atoms with Gasteiger partial charge in [0, 0.05) is 40.6 Å². The van der Waals surface area contributed by atoms with Crippen molar-refractivity contribution in [2.24, 2.45) is 0 Å². The summed E-state index contributed by atoms with van der Waals surface area (Å²) in [5, 5.41) is 0. The van der Waals surface area contributed by atoms with E-state index in [1.165, 1.54) is 7.11 Å². The number of ketones is 1. The molecule has 1 heterocycles. The van der Waals surface area contributed by atoms with Gasteiger partial charge in [0.1, 0.15) is 11.9 Å². The molecular formula is C30H28N2O4S. The van der Waals surface area contributed by atoms with Gasteiger partial charge in [-0.05, 0) is 54.3 Å². The second-order valence-corrected chi connectivity index (χ2v) is 9.98. The van der Waals surface area contributed by atoms with E-state index in [2.05, 4.69) is 17.1 Å². The molecule has 0 fully saturated rings. The third kappa shape index (κ3) is 5.78. The Morgan fingerprint density at radius 1 is 1.08 bits per heavy atom. The molecule has 1 aromatic heterocycles. The van der Waals surface area contributed by atoms with Gasteiger partial charge in [0.05, 0.1) is 25.5 Å². The van der Waals surface area contributed by atoms with Crippen LogP contribution in [0.3, 0.4) is 0 Å². The Bertz CT molecular complexity index is 1390. The average molecular weight is 513 g/mol. The van der Waals surface area contributed by atoms with Crippen LogP contribution in [0, 0.1) is 0 Å². The number of fused-ring (bicyclic) bond motifs is 1. The fraction of sp³-hybridized carbons (Fsp3) is 0.233. The van der Waals surface area contributed by atoms with Crippen LogP contribution in [0.4, 0.5) is 0 Å². The molecule has 3 aromatic carbocycles. The monoisotopic (exact) mass is 512 g/mol. The topological polar surface area (TPSA) is 70.4 Å². The van der Waals surface area contributed by atoms with Gasteiger partial charge >= 0.3 is 5.97 Å².